The molecule has 17 heteroatoms. The zero-order chi connectivity index (χ0) is 41.8. The van der Waals surface area contributed by atoms with E-state index in [9.17, 15) is 5.11 Å². The van der Waals surface area contributed by atoms with Crippen molar-refractivity contribution < 1.29 is 14.6 Å². The summed E-state index contributed by atoms with van der Waals surface area (Å²) in [5.41, 5.74) is 13.4. The number of nitrogens with zero attached hydrogens (tertiary/aromatic N) is 7. The van der Waals surface area contributed by atoms with Crippen LogP contribution in [0.4, 0.5) is 57.4 Å². The summed E-state index contributed by atoms with van der Waals surface area (Å²) < 4.78 is 11.9. The van der Waals surface area contributed by atoms with Crippen LogP contribution < -0.4 is 50.8 Å². The van der Waals surface area contributed by atoms with E-state index in [1.807, 2.05) is 96.9 Å². The number of thioether (sulfide) groups is 1. The molecule has 0 bridgehead atoms. The number of hydrogen-bond acceptors (Lipinski definition) is 17. The molecule has 0 unspecified atom stereocenters. The molecule has 1 heterocycles. The lowest BCUT2D eigenvalue weighted by molar-refractivity contribution is 0.322. The zero-order valence-electron chi connectivity index (χ0n) is 34.4. The summed E-state index contributed by atoms with van der Waals surface area (Å²) in [4.78, 5) is 20.6. The average Bonchev–Trinajstić information content (AvgIpc) is 3.22. The number of hydrazine groups is 2. The zero-order valence-corrected chi connectivity index (χ0v) is 37.0. The molecule has 0 aliphatic rings. The van der Waals surface area contributed by atoms with E-state index in [0.717, 1.165) is 70.1 Å². The second-order valence-corrected chi connectivity index (χ2v) is 14.9. The molecule has 5 N–H and O–H groups in total. The van der Waals surface area contributed by atoms with Gasteiger partial charge in [-0.25, -0.2) is 0 Å². The molecule has 1 aromatic heterocycles. The minimum Gasteiger partial charge on any atom is -0.495 e. The van der Waals surface area contributed by atoms with E-state index in [1.54, 1.807) is 14.2 Å². The third kappa shape index (κ3) is 10.7. The lowest BCUT2D eigenvalue weighted by atomic mass is 10.2. The van der Waals surface area contributed by atoms with Crippen LogP contribution in [0.1, 0.15) is 27.7 Å². The summed E-state index contributed by atoms with van der Waals surface area (Å²) >= 11 is 10.7. The van der Waals surface area contributed by atoms with Gasteiger partial charge in [0.1, 0.15) is 11.5 Å². The molecule has 0 atom stereocenters. The van der Waals surface area contributed by atoms with Gasteiger partial charge < -0.3 is 35.0 Å². The van der Waals surface area contributed by atoms with Gasteiger partial charge in [-0.1, -0.05) is 36.0 Å². The Morgan fingerprint density at radius 2 is 1.02 bits per heavy atom. The molecule has 0 aliphatic carbocycles. The highest BCUT2D eigenvalue weighted by molar-refractivity contribution is 7.99. The molecule has 0 spiro atoms. The van der Waals surface area contributed by atoms with Crippen molar-refractivity contribution >= 4 is 94.4 Å². The van der Waals surface area contributed by atoms with E-state index in [1.165, 1.54) is 11.8 Å². The summed E-state index contributed by atoms with van der Waals surface area (Å²) in [6, 6.07) is 23.6. The van der Waals surface area contributed by atoms with E-state index in [0.29, 0.717) is 45.7 Å². The lowest BCUT2D eigenvalue weighted by Gasteiger charge is -2.29. The third-order valence-electron chi connectivity index (χ3n) is 9.34. The van der Waals surface area contributed by atoms with Gasteiger partial charge in [0.15, 0.2) is 5.16 Å². The molecule has 0 radical (unpaired) electrons. The summed E-state index contributed by atoms with van der Waals surface area (Å²) in [5, 5.41) is 21.0. The number of methoxy groups -OCH3 is 2. The van der Waals surface area contributed by atoms with Crippen LogP contribution in [-0.2, 0) is 0 Å². The fraction of sp³-hybridized carbons (Fsp3) is 0.341. The van der Waals surface area contributed by atoms with Gasteiger partial charge in [-0.05, 0) is 64.1 Å². The largest absolute Gasteiger partial charge is 0.495 e. The Balaban J connectivity index is 1.63. The predicted octanol–water partition coefficient (Wildman–Crippen LogP) is 8.66. The second kappa shape index (κ2) is 21.1. The number of nitrogens with one attached hydrogen (secondary N) is 4. The van der Waals surface area contributed by atoms with Crippen molar-refractivity contribution in [1.29, 1.82) is 0 Å². The van der Waals surface area contributed by atoms with Crippen LogP contribution in [-0.4, -0.2) is 86.9 Å². The molecule has 5 rings (SSSR count). The van der Waals surface area contributed by atoms with Crippen molar-refractivity contribution in [1.82, 2.24) is 15.0 Å². The van der Waals surface area contributed by atoms with E-state index < -0.39 is 0 Å². The van der Waals surface area contributed by atoms with Crippen LogP contribution in [0.3, 0.4) is 0 Å². The van der Waals surface area contributed by atoms with Crippen molar-refractivity contribution in [2.24, 2.45) is 0 Å². The Kier molecular flexibility index (Phi) is 16.0. The van der Waals surface area contributed by atoms with E-state index in [2.05, 4.69) is 84.2 Å². The average molecular weight is 846 g/mol. The van der Waals surface area contributed by atoms with Crippen molar-refractivity contribution in [3.8, 4) is 11.5 Å². The first-order valence-corrected chi connectivity index (χ1v) is 21.0. The molecule has 310 valence electrons. The Labute approximate surface area is 357 Å². The van der Waals surface area contributed by atoms with Crippen molar-refractivity contribution in [2.75, 3.05) is 108 Å². The minimum absolute atomic E-state index is 0.0419. The first kappa shape index (κ1) is 44.0. The van der Waals surface area contributed by atoms with Gasteiger partial charge in [-0.3, -0.25) is 20.9 Å². The van der Waals surface area contributed by atoms with Crippen LogP contribution in [0, 0.1) is 0 Å². The Morgan fingerprint density at radius 3 is 1.38 bits per heavy atom. The number of aromatic nitrogens is 3. The molecule has 0 aliphatic heterocycles. The molecule has 0 saturated heterocycles. The number of hydrogen-bond donors (Lipinski definition) is 7. The number of anilines is 10. The number of aliphatic hydroxyl groups excluding tert-OH is 1. The van der Waals surface area contributed by atoms with Crippen LogP contribution in [0.2, 0.25) is 0 Å². The van der Waals surface area contributed by atoms with Crippen LogP contribution >= 0.6 is 37.0 Å². The molecule has 0 amide bonds. The molecule has 0 saturated carbocycles. The molecule has 58 heavy (non-hydrogen) atoms. The topological polar surface area (TPSA) is 138 Å². The van der Waals surface area contributed by atoms with Gasteiger partial charge in [0.2, 0.25) is 11.9 Å². The minimum atomic E-state index is -0.0419. The van der Waals surface area contributed by atoms with Crippen LogP contribution in [0.15, 0.2) is 87.7 Å². The van der Waals surface area contributed by atoms with Crippen molar-refractivity contribution in [3.63, 3.8) is 0 Å². The summed E-state index contributed by atoms with van der Waals surface area (Å²) in [5.74, 6) is 2.42. The van der Waals surface area contributed by atoms with E-state index in [4.69, 9.17) is 24.4 Å². The molecular weight excluding hydrogens is 791 g/mol. The summed E-state index contributed by atoms with van der Waals surface area (Å²) in [6.07, 6.45) is 0. The molecule has 14 nitrogen and oxygen atoms in total. The first-order chi connectivity index (χ1) is 28.1. The molecule has 0 fully saturated rings. The number of thiol groups is 2. The fourth-order valence-electron chi connectivity index (χ4n) is 6.35. The highest BCUT2D eigenvalue weighted by Gasteiger charge is 2.22. The Bertz CT molecular complexity index is 1980. The van der Waals surface area contributed by atoms with Gasteiger partial charge in [-0.15, -0.1) is 25.3 Å². The Morgan fingerprint density at radius 1 is 0.603 bits per heavy atom. The van der Waals surface area contributed by atoms with Gasteiger partial charge >= 0.3 is 0 Å². The SMILES string of the molecule is CCN(CC)c1cc(Nc2nc(Nc3cc(N(CC)CC)c(OC)cc3N(C)Nc3ccccc3S)nc(SCCO)n2)c(N(C)Nc2ccccc2S)cc1OC. The van der Waals surface area contributed by atoms with Gasteiger partial charge in [0.25, 0.3) is 0 Å². The van der Waals surface area contributed by atoms with E-state index >= 15 is 0 Å². The summed E-state index contributed by atoms with van der Waals surface area (Å²) in [6.45, 7) is 11.5. The number of benzene rings is 4. The highest BCUT2D eigenvalue weighted by atomic mass is 32.2. The maximum absolute atomic E-state index is 9.78. The molecule has 4 aromatic carbocycles. The van der Waals surface area contributed by atoms with Crippen LogP contribution in [0.25, 0.3) is 0 Å². The Hall–Kier alpha value is -5.10. The van der Waals surface area contributed by atoms with Gasteiger partial charge in [-0.2, -0.15) is 15.0 Å². The van der Waals surface area contributed by atoms with Gasteiger partial charge in [0.05, 0.1) is 66.3 Å². The number of ether oxygens (including phenoxy) is 2. The lowest BCUT2D eigenvalue weighted by Crippen LogP contribution is -2.27. The standard InChI is InChI=1S/C41H55N11O3S3/c1-9-51(10-2)33-23-29(31(25-35(33)54-7)49(5)47-27-17-13-15-19-37(27)56)42-39-44-40(46-41(45-39)58-22-21-53)43-30-24-34(52(11-3)12-4)36(55-8)26-32(30)50(6)48-28-18-14-16-20-38(28)57/h13-20,23-26,47-48,53,56-57H,9-12,21-22H2,1-8H3,(H2,42,43,44,45,46). The number of aliphatic hydroxyl groups is 1. The first-order valence-electron chi connectivity index (χ1n) is 19.1. The maximum atomic E-state index is 9.78. The van der Waals surface area contributed by atoms with Gasteiger partial charge in [0, 0.05) is 68.0 Å². The monoisotopic (exact) mass is 845 g/mol. The second-order valence-electron chi connectivity index (χ2n) is 12.9. The smallest absolute Gasteiger partial charge is 0.233 e. The van der Waals surface area contributed by atoms with E-state index in [-0.39, 0.29) is 6.61 Å². The highest BCUT2D eigenvalue weighted by Crippen LogP contribution is 2.42. The molecule has 5 aromatic rings. The van der Waals surface area contributed by atoms with Crippen LogP contribution in [0.5, 0.6) is 11.5 Å². The summed E-state index contributed by atoms with van der Waals surface area (Å²) in [7, 11) is 7.20. The third-order valence-corrected chi connectivity index (χ3v) is 10.9. The molecular formula is C41H55N11O3S3. The number of para-hydroxylation sites is 2. The predicted molar refractivity (Wildman–Crippen MR) is 249 cm³/mol. The van der Waals surface area contributed by atoms with Crippen molar-refractivity contribution in [2.45, 2.75) is 42.6 Å². The van der Waals surface area contributed by atoms with Crippen molar-refractivity contribution in [3.05, 3.63) is 72.8 Å². The fourth-order valence-corrected chi connectivity index (χ4v) is 7.35. The number of rotatable bonds is 21. The maximum Gasteiger partial charge on any atom is 0.233 e. The quantitative estimate of drug-likeness (QED) is 0.0215. The normalized spacial score (nSPS) is 10.8.